The van der Waals surface area contributed by atoms with Gasteiger partial charge in [-0.2, -0.15) is 4.37 Å². The van der Waals surface area contributed by atoms with Gasteiger partial charge >= 0.3 is 0 Å². The molecule has 1 aliphatic carbocycles. The smallest absolute Gasteiger partial charge is 0.117 e. The molecule has 96 valence electrons. The molecule has 3 N–H and O–H groups in total. The molecule has 3 atom stereocenters. The summed E-state index contributed by atoms with van der Waals surface area (Å²) in [6, 6.07) is 8.52. The zero-order chi connectivity index (χ0) is 12.5. The SMILES string of the molecule is CCOC1CC(N)C1Nc1snc2ccccc12. The molecule has 0 aliphatic heterocycles. The first kappa shape index (κ1) is 11.9. The van der Waals surface area contributed by atoms with E-state index in [1.54, 1.807) is 0 Å². The first-order chi connectivity index (χ1) is 8.79. The second-order valence-corrected chi connectivity index (χ2v) is 5.37. The maximum absolute atomic E-state index is 6.05. The molecule has 1 aliphatic rings. The summed E-state index contributed by atoms with van der Waals surface area (Å²) in [5.74, 6) is 0. The molecule has 0 bridgehead atoms. The third-order valence-corrected chi connectivity index (χ3v) is 4.24. The number of nitrogens with one attached hydrogen (secondary N) is 1. The number of nitrogens with zero attached hydrogens (tertiary/aromatic N) is 1. The zero-order valence-corrected chi connectivity index (χ0v) is 11.1. The number of benzene rings is 1. The van der Waals surface area contributed by atoms with Gasteiger partial charge in [-0.25, -0.2) is 0 Å². The van der Waals surface area contributed by atoms with Crippen LogP contribution < -0.4 is 11.1 Å². The minimum atomic E-state index is 0.169. The standard InChI is InChI=1S/C13H17N3OS/c1-2-17-11-7-9(14)12(11)15-13-8-5-3-4-6-10(8)16-18-13/h3-6,9,11-12,15H,2,7,14H2,1H3. The average Bonchev–Trinajstić information content (AvgIpc) is 2.79. The van der Waals surface area contributed by atoms with Crippen molar-refractivity contribution in [2.24, 2.45) is 5.73 Å². The Morgan fingerprint density at radius 3 is 3.11 bits per heavy atom. The average molecular weight is 263 g/mol. The molecule has 5 heteroatoms. The Bertz CT molecular complexity index is 540. The fraction of sp³-hybridized carbons (Fsp3) is 0.462. The van der Waals surface area contributed by atoms with Gasteiger partial charge in [-0.3, -0.25) is 0 Å². The number of anilines is 1. The summed E-state index contributed by atoms with van der Waals surface area (Å²) in [5.41, 5.74) is 7.08. The molecular formula is C13H17N3OS. The third kappa shape index (κ3) is 1.98. The summed E-state index contributed by atoms with van der Waals surface area (Å²) in [7, 11) is 0. The molecule has 0 saturated heterocycles. The van der Waals surface area contributed by atoms with Gasteiger partial charge in [0, 0.05) is 18.0 Å². The van der Waals surface area contributed by atoms with E-state index in [0.29, 0.717) is 0 Å². The molecule has 2 aromatic rings. The van der Waals surface area contributed by atoms with Crippen LogP contribution in [0.3, 0.4) is 0 Å². The van der Waals surface area contributed by atoms with Crippen LogP contribution in [0.4, 0.5) is 5.00 Å². The molecule has 0 amide bonds. The van der Waals surface area contributed by atoms with Crippen molar-refractivity contribution >= 4 is 27.4 Å². The predicted molar refractivity (Wildman–Crippen MR) is 75.0 cm³/mol. The normalized spacial score (nSPS) is 27.1. The molecule has 3 rings (SSSR count). The summed E-state index contributed by atoms with van der Waals surface area (Å²) in [6.07, 6.45) is 1.16. The summed E-state index contributed by atoms with van der Waals surface area (Å²) in [4.78, 5) is 0. The first-order valence-corrected chi connectivity index (χ1v) is 7.05. The number of hydrogen-bond acceptors (Lipinski definition) is 5. The van der Waals surface area contributed by atoms with E-state index in [4.69, 9.17) is 10.5 Å². The van der Waals surface area contributed by atoms with Crippen molar-refractivity contribution in [2.75, 3.05) is 11.9 Å². The number of nitrogens with two attached hydrogens (primary N) is 1. The van der Waals surface area contributed by atoms with E-state index in [2.05, 4.69) is 15.8 Å². The Kier molecular flexibility index (Phi) is 3.20. The maximum Gasteiger partial charge on any atom is 0.117 e. The first-order valence-electron chi connectivity index (χ1n) is 6.27. The molecule has 18 heavy (non-hydrogen) atoms. The van der Waals surface area contributed by atoms with Gasteiger partial charge in [0.1, 0.15) is 5.00 Å². The van der Waals surface area contributed by atoms with Gasteiger partial charge in [0.2, 0.25) is 0 Å². The van der Waals surface area contributed by atoms with Crippen molar-refractivity contribution in [1.29, 1.82) is 0 Å². The lowest BCUT2D eigenvalue weighted by Crippen LogP contribution is -2.60. The Morgan fingerprint density at radius 2 is 2.33 bits per heavy atom. The lowest BCUT2D eigenvalue weighted by molar-refractivity contribution is -0.0124. The van der Waals surface area contributed by atoms with Crippen molar-refractivity contribution in [3.63, 3.8) is 0 Å². The molecule has 1 saturated carbocycles. The molecule has 0 spiro atoms. The van der Waals surface area contributed by atoms with Crippen molar-refractivity contribution in [3.8, 4) is 0 Å². The van der Waals surface area contributed by atoms with Crippen LogP contribution in [0, 0.1) is 0 Å². The van der Waals surface area contributed by atoms with Crippen LogP contribution in [0.5, 0.6) is 0 Å². The topological polar surface area (TPSA) is 60.2 Å². The lowest BCUT2D eigenvalue weighted by atomic mass is 9.83. The highest BCUT2D eigenvalue weighted by molar-refractivity contribution is 7.11. The highest BCUT2D eigenvalue weighted by Gasteiger charge is 2.39. The van der Waals surface area contributed by atoms with Crippen molar-refractivity contribution in [3.05, 3.63) is 24.3 Å². The van der Waals surface area contributed by atoms with E-state index in [1.807, 2.05) is 25.1 Å². The minimum absolute atomic E-state index is 0.169. The van der Waals surface area contributed by atoms with Crippen LogP contribution in [-0.4, -0.2) is 29.2 Å². The highest BCUT2D eigenvalue weighted by Crippen LogP contribution is 2.32. The quantitative estimate of drug-likeness (QED) is 0.888. The molecule has 1 fully saturated rings. The Balaban J connectivity index is 1.79. The maximum atomic E-state index is 6.05. The second-order valence-electron chi connectivity index (χ2n) is 4.59. The molecule has 0 radical (unpaired) electrons. The second kappa shape index (κ2) is 4.84. The van der Waals surface area contributed by atoms with E-state index >= 15 is 0 Å². The number of ether oxygens (including phenoxy) is 1. The number of aromatic nitrogens is 1. The van der Waals surface area contributed by atoms with Gasteiger partial charge in [-0.1, -0.05) is 12.1 Å². The molecule has 3 unspecified atom stereocenters. The van der Waals surface area contributed by atoms with E-state index in [0.717, 1.165) is 28.9 Å². The molecule has 1 heterocycles. The lowest BCUT2D eigenvalue weighted by Gasteiger charge is -2.42. The van der Waals surface area contributed by atoms with Gasteiger partial charge in [-0.05, 0) is 37.0 Å². The fourth-order valence-electron chi connectivity index (χ4n) is 2.37. The largest absolute Gasteiger partial charge is 0.376 e. The van der Waals surface area contributed by atoms with E-state index in [9.17, 15) is 0 Å². The molecule has 1 aromatic carbocycles. The number of rotatable bonds is 4. The van der Waals surface area contributed by atoms with Gasteiger partial charge in [0.15, 0.2) is 0 Å². The van der Waals surface area contributed by atoms with Crippen LogP contribution in [-0.2, 0) is 4.74 Å². The monoisotopic (exact) mass is 263 g/mol. The molecule has 4 nitrogen and oxygen atoms in total. The third-order valence-electron chi connectivity index (χ3n) is 3.43. The van der Waals surface area contributed by atoms with Crippen LogP contribution in [0.1, 0.15) is 13.3 Å². The molecular weight excluding hydrogens is 246 g/mol. The van der Waals surface area contributed by atoms with Crippen molar-refractivity contribution in [2.45, 2.75) is 31.5 Å². The summed E-state index contributed by atoms with van der Waals surface area (Å²) < 4.78 is 10.1. The van der Waals surface area contributed by atoms with Crippen molar-refractivity contribution < 1.29 is 4.74 Å². The summed E-state index contributed by atoms with van der Waals surface area (Å²) in [6.45, 7) is 2.75. The van der Waals surface area contributed by atoms with E-state index in [1.165, 1.54) is 11.5 Å². The Morgan fingerprint density at radius 1 is 1.50 bits per heavy atom. The van der Waals surface area contributed by atoms with Crippen LogP contribution in [0.25, 0.3) is 10.9 Å². The molecule has 1 aromatic heterocycles. The van der Waals surface area contributed by atoms with Crippen LogP contribution in [0.15, 0.2) is 24.3 Å². The van der Waals surface area contributed by atoms with Gasteiger partial charge in [0.05, 0.1) is 17.7 Å². The zero-order valence-electron chi connectivity index (χ0n) is 10.3. The van der Waals surface area contributed by atoms with Gasteiger partial charge in [0.25, 0.3) is 0 Å². The van der Waals surface area contributed by atoms with Crippen molar-refractivity contribution in [1.82, 2.24) is 4.37 Å². The summed E-state index contributed by atoms with van der Waals surface area (Å²) in [5, 5.41) is 5.75. The van der Waals surface area contributed by atoms with E-state index < -0.39 is 0 Å². The summed E-state index contributed by atoms with van der Waals surface area (Å²) >= 11 is 1.49. The number of fused-ring (bicyclic) bond motifs is 1. The fourth-order valence-corrected chi connectivity index (χ4v) is 3.18. The highest BCUT2D eigenvalue weighted by atomic mass is 32.1. The van der Waals surface area contributed by atoms with Crippen LogP contribution >= 0.6 is 11.5 Å². The Labute approximate surface area is 110 Å². The number of hydrogen-bond donors (Lipinski definition) is 2. The van der Waals surface area contributed by atoms with Gasteiger partial charge in [-0.15, -0.1) is 0 Å². The predicted octanol–water partition coefficient (Wildman–Crippen LogP) is 2.21. The Hall–Kier alpha value is -1.17. The van der Waals surface area contributed by atoms with E-state index in [-0.39, 0.29) is 18.2 Å². The minimum Gasteiger partial charge on any atom is -0.376 e. The van der Waals surface area contributed by atoms with Gasteiger partial charge < -0.3 is 15.8 Å². The van der Waals surface area contributed by atoms with Crippen LogP contribution in [0.2, 0.25) is 0 Å².